The Kier molecular flexibility index (Phi) is 13.4. The van der Waals surface area contributed by atoms with E-state index in [2.05, 4.69) is 23.7 Å². The van der Waals surface area contributed by atoms with Crippen LogP contribution in [0.1, 0.15) is 109 Å². The number of carbonyl (C=O) groups is 2. The van der Waals surface area contributed by atoms with Crippen LogP contribution in [0.2, 0.25) is 0 Å². The van der Waals surface area contributed by atoms with Gasteiger partial charge in [0.05, 0.1) is 12.3 Å². The summed E-state index contributed by atoms with van der Waals surface area (Å²) >= 11 is 0. The Balaban J connectivity index is 1.44. The number of fused-ring (bicyclic) bond motifs is 1. The minimum atomic E-state index is -0.259. The van der Waals surface area contributed by atoms with Gasteiger partial charge in [0.1, 0.15) is 18.4 Å². The molecule has 2 aliphatic rings. The molecule has 0 bridgehead atoms. The number of aliphatic imine (C=N–C) groups is 1. The fourth-order valence-corrected chi connectivity index (χ4v) is 5.28. The van der Waals surface area contributed by atoms with E-state index < -0.39 is 0 Å². The molecule has 0 radical (unpaired) electrons. The fourth-order valence-electron chi connectivity index (χ4n) is 5.28. The number of amides is 1. The van der Waals surface area contributed by atoms with E-state index in [0.717, 1.165) is 68.6 Å². The van der Waals surface area contributed by atoms with Crippen LogP contribution in [0.4, 0.5) is 5.69 Å². The van der Waals surface area contributed by atoms with Gasteiger partial charge in [0, 0.05) is 31.6 Å². The van der Waals surface area contributed by atoms with Crippen LogP contribution in [-0.4, -0.2) is 60.0 Å². The SMILES string of the molecule is CCCCCCN(CCCCCC)C(=O)CCCOc1ccc2c(c1)CN(CC(=O)OC1CCCC1)C(N)=N2. The maximum atomic E-state index is 12.9. The lowest BCUT2D eigenvalue weighted by Crippen LogP contribution is -2.42. The number of unbranched alkanes of at least 4 members (excludes halogenated alkanes) is 6. The van der Waals surface area contributed by atoms with Crippen molar-refractivity contribution in [3.05, 3.63) is 23.8 Å². The van der Waals surface area contributed by atoms with Gasteiger partial charge in [0.15, 0.2) is 5.96 Å². The molecule has 0 saturated heterocycles. The van der Waals surface area contributed by atoms with Crippen molar-refractivity contribution in [1.82, 2.24) is 9.80 Å². The first-order valence-electron chi connectivity index (χ1n) is 15.3. The number of nitrogens with zero attached hydrogens (tertiary/aromatic N) is 3. The lowest BCUT2D eigenvalue weighted by atomic mass is 10.1. The summed E-state index contributed by atoms with van der Waals surface area (Å²) in [7, 11) is 0. The summed E-state index contributed by atoms with van der Waals surface area (Å²) in [5.74, 6) is 1.04. The van der Waals surface area contributed by atoms with Crippen molar-refractivity contribution in [1.29, 1.82) is 0 Å². The maximum absolute atomic E-state index is 12.9. The second-order valence-corrected chi connectivity index (χ2v) is 11.0. The molecule has 1 amide bonds. The third-order valence-corrected chi connectivity index (χ3v) is 7.61. The average molecular weight is 543 g/mol. The van der Waals surface area contributed by atoms with Crippen LogP contribution in [0, 0.1) is 0 Å². The number of guanidine groups is 1. The van der Waals surface area contributed by atoms with Gasteiger partial charge in [0.2, 0.25) is 5.91 Å². The molecule has 8 heteroatoms. The molecule has 3 rings (SSSR count). The van der Waals surface area contributed by atoms with Crippen molar-refractivity contribution in [3.8, 4) is 5.75 Å². The van der Waals surface area contributed by atoms with Crippen LogP contribution in [-0.2, 0) is 20.9 Å². The molecular formula is C31H50N4O4. The van der Waals surface area contributed by atoms with Crippen LogP contribution in [0.15, 0.2) is 23.2 Å². The number of rotatable bonds is 18. The highest BCUT2D eigenvalue weighted by Crippen LogP contribution is 2.29. The molecule has 1 aliphatic heterocycles. The Labute approximate surface area is 235 Å². The first kappa shape index (κ1) is 30.8. The highest BCUT2D eigenvalue weighted by molar-refractivity contribution is 5.87. The van der Waals surface area contributed by atoms with Gasteiger partial charge in [-0.1, -0.05) is 52.4 Å². The Morgan fingerprint density at radius 3 is 2.36 bits per heavy atom. The summed E-state index contributed by atoms with van der Waals surface area (Å²) in [6, 6.07) is 5.73. The van der Waals surface area contributed by atoms with Crippen LogP contribution < -0.4 is 10.5 Å². The van der Waals surface area contributed by atoms with Gasteiger partial charge in [-0.15, -0.1) is 0 Å². The van der Waals surface area contributed by atoms with E-state index in [1.165, 1.54) is 38.5 Å². The summed E-state index contributed by atoms with van der Waals surface area (Å²) in [5.41, 5.74) is 7.88. The number of esters is 1. The monoisotopic (exact) mass is 542 g/mol. The molecular weight excluding hydrogens is 492 g/mol. The quantitative estimate of drug-likeness (QED) is 0.178. The van der Waals surface area contributed by atoms with Crippen molar-refractivity contribution in [3.63, 3.8) is 0 Å². The minimum absolute atomic E-state index is 0.0359. The number of carbonyl (C=O) groups excluding carboxylic acids is 2. The van der Waals surface area contributed by atoms with E-state index in [9.17, 15) is 9.59 Å². The van der Waals surface area contributed by atoms with Gasteiger partial charge in [-0.05, 0) is 63.1 Å². The summed E-state index contributed by atoms with van der Waals surface area (Å²) in [6.45, 7) is 7.20. The Morgan fingerprint density at radius 1 is 1.00 bits per heavy atom. The topological polar surface area (TPSA) is 97.5 Å². The van der Waals surface area contributed by atoms with Gasteiger partial charge in [-0.3, -0.25) is 9.59 Å². The van der Waals surface area contributed by atoms with Gasteiger partial charge in [-0.2, -0.15) is 0 Å². The normalized spacial score (nSPS) is 15.1. The molecule has 218 valence electrons. The molecule has 1 heterocycles. The molecule has 1 aliphatic carbocycles. The molecule has 39 heavy (non-hydrogen) atoms. The highest BCUT2D eigenvalue weighted by Gasteiger charge is 2.24. The predicted octanol–water partition coefficient (Wildman–Crippen LogP) is 6.08. The average Bonchev–Trinajstić information content (AvgIpc) is 3.43. The van der Waals surface area contributed by atoms with Crippen LogP contribution in [0.5, 0.6) is 5.75 Å². The van der Waals surface area contributed by atoms with Crippen molar-refractivity contribution < 1.29 is 19.1 Å². The van der Waals surface area contributed by atoms with Crippen molar-refractivity contribution >= 4 is 23.5 Å². The summed E-state index contributed by atoms with van der Waals surface area (Å²) in [5, 5.41) is 0. The van der Waals surface area contributed by atoms with Gasteiger partial charge in [0.25, 0.3) is 0 Å². The van der Waals surface area contributed by atoms with E-state index in [1.54, 1.807) is 4.90 Å². The molecule has 1 fully saturated rings. The van der Waals surface area contributed by atoms with Crippen LogP contribution >= 0.6 is 0 Å². The van der Waals surface area contributed by atoms with Crippen LogP contribution in [0.25, 0.3) is 0 Å². The highest BCUT2D eigenvalue weighted by atomic mass is 16.5. The van der Waals surface area contributed by atoms with E-state index in [1.807, 2.05) is 18.2 Å². The Morgan fingerprint density at radius 2 is 1.69 bits per heavy atom. The fraction of sp³-hybridized carbons (Fsp3) is 0.710. The number of hydrogen-bond acceptors (Lipinski definition) is 7. The van der Waals surface area contributed by atoms with E-state index >= 15 is 0 Å². The smallest absolute Gasteiger partial charge is 0.325 e. The zero-order valence-corrected chi connectivity index (χ0v) is 24.3. The third kappa shape index (κ3) is 10.7. The Hall–Kier alpha value is -2.77. The zero-order valence-electron chi connectivity index (χ0n) is 24.3. The molecule has 0 spiro atoms. The molecule has 8 nitrogen and oxygen atoms in total. The van der Waals surface area contributed by atoms with E-state index in [-0.39, 0.29) is 24.5 Å². The second kappa shape index (κ2) is 17.0. The number of nitrogens with two attached hydrogens (primary N) is 1. The van der Waals surface area contributed by atoms with Gasteiger partial charge in [-0.25, -0.2) is 4.99 Å². The maximum Gasteiger partial charge on any atom is 0.325 e. The lowest BCUT2D eigenvalue weighted by molar-refractivity contribution is -0.149. The largest absolute Gasteiger partial charge is 0.494 e. The van der Waals surface area contributed by atoms with Gasteiger partial charge < -0.3 is 25.0 Å². The molecule has 2 N–H and O–H groups in total. The van der Waals surface area contributed by atoms with E-state index in [0.29, 0.717) is 32.0 Å². The molecule has 0 unspecified atom stereocenters. The second-order valence-electron chi connectivity index (χ2n) is 11.0. The number of benzene rings is 1. The standard InChI is InChI=1S/C31H50N4O4/c1-3-5-7-11-19-34(20-12-8-6-4-2)29(36)16-13-21-38-27-17-18-28-25(22-27)23-35(31(32)33-28)24-30(37)39-26-14-9-10-15-26/h17-18,22,26H,3-16,19-21,23-24H2,1-2H3,(H2,32,33). The van der Waals surface area contributed by atoms with Crippen molar-refractivity contribution in [2.24, 2.45) is 10.7 Å². The van der Waals surface area contributed by atoms with Crippen molar-refractivity contribution in [2.75, 3.05) is 26.2 Å². The molecule has 1 aromatic rings. The minimum Gasteiger partial charge on any atom is -0.494 e. The summed E-state index contributed by atoms with van der Waals surface area (Å²) < 4.78 is 11.6. The molecule has 0 atom stereocenters. The third-order valence-electron chi connectivity index (χ3n) is 7.61. The predicted molar refractivity (Wildman–Crippen MR) is 156 cm³/mol. The van der Waals surface area contributed by atoms with Crippen molar-refractivity contribution in [2.45, 2.75) is 116 Å². The lowest BCUT2D eigenvalue weighted by Gasteiger charge is -2.28. The summed E-state index contributed by atoms with van der Waals surface area (Å²) in [6.07, 6.45) is 14.8. The first-order chi connectivity index (χ1) is 19.0. The molecule has 1 aromatic carbocycles. The number of ether oxygens (including phenoxy) is 2. The Bertz CT molecular complexity index is 917. The zero-order chi connectivity index (χ0) is 27.9. The van der Waals surface area contributed by atoms with E-state index in [4.69, 9.17) is 15.2 Å². The molecule has 1 saturated carbocycles. The van der Waals surface area contributed by atoms with Gasteiger partial charge >= 0.3 is 5.97 Å². The first-order valence-corrected chi connectivity index (χ1v) is 15.3. The number of hydrogen-bond donors (Lipinski definition) is 1. The molecule has 0 aromatic heterocycles. The van der Waals surface area contributed by atoms with Crippen LogP contribution in [0.3, 0.4) is 0 Å². The summed E-state index contributed by atoms with van der Waals surface area (Å²) in [4.78, 5) is 33.6.